The third-order valence-corrected chi connectivity index (χ3v) is 4.57. The molecule has 0 radical (unpaired) electrons. The summed E-state index contributed by atoms with van der Waals surface area (Å²) in [5, 5.41) is 4.94. The van der Waals surface area contributed by atoms with E-state index in [9.17, 15) is 0 Å². The van der Waals surface area contributed by atoms with Crippen LogP contribution in [0.25, 0.3) is 22.2 Å². The number of anilines is 2. The number of hydrogen-bond acceptors (Lipinski definition) is 4. The lowest BCUT2D eigenvalue weighted by molar-refractivity contribution is 0.622. The summed E-state index contributed by atoms with van der Waals surface area (Å²) in [6.07, 6.45) is 7.57. The fourth-order valence-electron chi connectivity index (χ4n) is 2.98. The van der Waals surface area contributed by atoms with Crippen LogP contribution in [0, 0.1) is 0 Å². The fraction of sp³-hybridized carbons (Fsp3) is 0.150. The Morgan fingerprint density at radius 3 is 2.73 bits per heavy atom. The van der Waals surface area contributed by atoms with Gasteiger partial charge in [0.05, 0.1) is 28.1 Å². The number of nitrogens with one attached hydrogen (secondary N) is 1. The number of hydrogen-bond donors (Lipinski definition) is 1. The molecule has 6 heteroatoms. The van der Waals surface area contributed by atoms with Gasteiger partial charge < -0.3 is 9.88 Å². The maximum atomic E-state index is 6.22. The molecule has 1 aromatic carbocycles. The second-order valence-corrected chi connectivity index (χ2v) is 6.71. The van der Waals surface area contributed by atoms with Crippen molar-refractivity contribution < 1.29 is 0 Å². The van der Waals surface area contributed by atoms with E-state index in [-0.39, 0.29) is 0 Å². The zero-order valence-corrected chi connectivity index (χ0v) is 15.3. The van der Waals surface area contributed by atoms with Crippen molar-refractivity contribution in [3.8, 4) is 11.3 Å². The minimum absolute atomic E-state index is 0.331. The van der Waals surface area contributed by atoms with E-state index in [0.717, 1.165) is 27.8 Å². The van der Waals surface area contributed by atoms with Gasteiger partial charge in [0.1, 0.15) is 0 Å². The molecule has 0 aliphatic carbocycles. The van der Waals surface area contributed by atoms with Crippen molar-refractivity contribution in [2.45, 2.75) is 19.9 Å². The van der Waals surface area contributed by atoms with Gasteiger partial charge in [0, 0.05) is 35.6 Å². The Labute approximate surface area is 156 Å². The molecule has 4 rings (SSSR count). The maximum absolute atomic E-state index is 6.22. The van der Waals surface area contributed by atoms with Gasteiger partial charge in [0.15, 0.2) is 0 Å². The largest absolute Gasteiger partial charge is 0.343 e. The first-order chi connectivity index (χ1) is 12.6. The van der Waals surface area contributed by atoms with Crippen LogP contribution in [0.5, 0.6) is 0 Å². The van der Waals surface area contributed by atoms with E-state index in [1.54, 1.807) is 12.4 Å². The predicted molar refractivity (Wildman–Crippen MR) is 106 cm³/mol. The number of nitrogens with zero attached hydrogens (tertiary/aromatic N) is 4. The fourth-order valence-corrected chi connectivity index (χ4v) is 3.16. The highest BCUT2D eigenvalue weighted by Crippen LogP contribution is 2.31. The van der Waals surface area contributed by atoms with Gasteiger partial charge in [0.25, 0.3) is 0 Å². The van der Waals surface area contributed by atoms with Gasteiger partial charge in [-0.2, -0.15) is 0 Å². The third kappa shape index (κ3) is 3.02. The van der Waals surface area contributed by atoms with Crippen LogP contribution in [0.2, 0.25) is 5.02 Å². The molecule has 0 unspecified atom stereocenters. The lowest BCUT2D eigenvalue weighted by Crippen LogP contribution is -1.99. The number of para-hydroxylation sites is 1. The van der Waals surface area contributed by atoms with E-state index in [4.69, 9.17) is 11.6 Å². The smallest absolute Gasteiger partial charge is 0.227 e. The molecule has 4 aromatic rings. The topological polar surface area (TPSA) is 55.6 Å². The molecule has 0 atom stereocenters. The number of benzene rings is 1. The second kappa shape index (κ2) is 6.77. The first-order valence-electron chi connectivity index (χ1n) is 8.43. The Balaban J connectivity index is 1.78. The van der Waals surface area contributed by atoms with E-state index >= 15 is 0 Å². The van der Waals surface area contributed by atoms with Crippen molar-refractivity contribution in [2.75, 3.05) is 5.32 Å². The number of pyridine rings is 1. The van der Waals surface area contributed by atoms with Crippen molar-refractivity contribution in [3.63, 3.8) is 0 Å². The molecule has 1 N–H and O–H groups in total. The molecule has 26 heavy (non-hydrogen) atoms. The van der Waals surface area contributed by atoms with E-state index in [1.165, 1.54) is 0 Å². The zero-order chi connectivity index (χ0) is 18.1. The van der Waals surface area contributed by atoms with Crippen molar-refractivity contribution in [3.05, 3.63) is 66.2 Å². The first-order valence-corrected chi connectivity index (χ1v) is 8.81. The monoisotopic (exact) mass is 363 g/mol. The highest BCUT2D eigenvalue weighted by atomic mass is 35.5. The van der Waals surface area contributed by atoms with Gasteiger partial charge in [-0.3, -0.25) is 4.98 Å². The van der Waals surface area contributed by atoms with E-state index in [2.05, 4.69) is 44.9 Å². The molecule has 5 nitrogen and oxygen atoms in total. The Hall–Kier alpha value is -2.92. The molecule has 0 amide bonds. The van der Waals surface area contributed by atoms with Crippen LogP contribution >= 0.6 is 11.6 Å². The lowest BCUT2D eigenvalue weighted by atomic mass is 10.1. The molecule has 0 fully saturated rings. The van der Waals surface area contributed by atoms with Crippen LogP contribution in [0.15, 0.2) is 61.2 Å². The minimum atomic E-state index is 0.331. The van der Waals surface area contributed by atoms with Gasteiger partial charge in [-0.25, -0.2) is 9.97 Å². The Morgan fingerprint density at radius 1 is 1.08 bits per heavy atom. The summed E-state index contributed by atoms with van der Waals surface area (Å²) >= 11 is 6.22. The number of halogens is 1. The predicted octanol–water partition coefficient (Wildman–Crippen LogP) is 5.47. The van der Waals surface area contributed by atoms with Gasteiger partial charge in [-0.15, -0.1) is 0 Å². The number of rotatable bonds is 4. The number of aromatic nitrogens is 4. The summed E-state index contributed by atoms with van der Waals surface area (Å²) in [5.74, 6) is 0.509. The summed E-state index contributed by atoms with van der Waals surface area (Å²) in [6.45, 7) is 4.31. The first kappa shape index (κ1) is 16.5. The van der Waals surface area contributed by atoms with Crippen molar-refractivity contribution in [2.24, 2.45) is 0 Å². The SMILES string of the molecule is CC(C)n1cc(-c2ccnc(Nc3ccccc3Cl)n2)c2ccncc21. The maximum Gasteiger partial charge on any atom is 0.227 e. The van der Waals surface area contributed by atoms with E-state index in [0.29, 0.717) is 17.0 Å². The highest BCUT2D eigenvalue weighted by Gasteiger charge is 2.14. The van der Waals surface area contributed by atoms with Gasteiger partial charge >= 0.3 is 0 Å². The quantitative estimate of drug-likeness (QED) is 0.522. The molecule has 0 aliphatic rings. The van der Waals surface area contributed by atoms with Crippen molar-refractivity contribution >= 4 is 34.1 Å². The van der Waals surface area contributed by atoms with Crippen LogP contribution < -0.4 is 5.32 Å². The molecule has 0 bridgehead atoms. The molecule has 0 saturated heterocycles. The van der Waals surface area contributed by atoms with Crippen LogP contribution in [0.3, 0.4) is 0 Å². The molecule has 3 aromatic heterocycles. The second-order valence-electron chi connectivity index (χ2n) is 6.31. The van der Waals surface area contributed by atoms with Gasteiger partial charge in [-0.05, 0) is 38.1 Å². The van der Waals surface area contributed by atoms with Crippen molar-refractivity contribution in [1.29, 1.82) is 0 Å². The van der Waals surface area contributed by atoms with Crippen LogP contribution in [0.1, 0.15) is 19.9 Å². The molecule has 0 spiro atoms. The molecular weight excluding hydrogens is 346 g/mol. The van der Waals surface area contributed by atoms with Crippen LogP contribution in [-0.4, -0.2) is 19.5 Å². The summed E-state index contributed by atoms with van der Waals surface area (Å²) in [4.78, 5) is 13.3. The molecule has 0 saturated carbocycles. The van der Waals surface area contributed by atoms with Gasteiger partial charge in [-0.1, -0.05) is 23.7 Å². The summed E-state index contributed by atoms with van der Waals surface area (Å²) in [7, 11) is 0. The lowest BCUT2D eigenvalue weighted by Gasteiger charge is -2.08. The van der Waals surface area contributed by atoms with Crippen molar-refractivity contribution in [1.82, 2.24) is 19.5 Å². The summed E-state index contributed by atoms with van der Waals surface area (Å²) in [6, 6.07) is 11.8. The average molecular weight is 364 g/mol. The molecule has 130 valence electrons. The van der Waals surface area contributed by atoms with Crippen LogP contribution in [-0.2, 0) is 0 Å². The van der Waals surface area contributed by atoms with E-state index in [1.807, 2.05) is 42.6 Å². The minimum Gasteiger partial charge on any atom is -0.343 e. The average Bonchev–Trinajstić information content (AvgIpc) is 3.04. The normalized spacial score (nSPS) is 11.2. The molecule has 3 heterocycles. The highest BCUT2D eigenvalue weighted by molar-refractivity contribution is 6.33. The zero-order valence-electron chi connectivity index (χ0n) is 14.5. The third-order valence-electron chi connectivity index (χ3n) is 4.24. The Kier molecular flexibility index (Phi) is 4.31. The standard InChI is InChI=1S/C20H18ClN5/c1-13(2)26-12-15(14-7-9-22-11-19(14)26)17-8-10-23-20(24-17)25-18-6-4-3-5-16(18)21/h3-13H,1-2H3,(H,23,24,25). The summed E-state index contributed by atoms with van der Waals surface area (Å²) in [5.41, 5.74) is 3.78. The van der Waals surface area contributed by atoms with Crippen LogP contribution in [0.4, 0.5) is 11.6 Å². The van der Waals surface area contributed by atoms with Gasteiger partial charge in [0.2, 0.25) is 5.95 Å². The molecular formula is C20H18ClN5. The van der Waals surface area contributed by atoms with E-state index < -0.39 is 0 Å². The Morgan fingerprint density at radius 2 is 1.92 bits per heavy atom. The molecule has 0 aliphatic heterocycles. The summed E-state index contributed by atoms with van der Waals surface area (Å²) < 4.78 is 2.21. The number of fused-ring (bicyclic) bond motifs is 1. The Bertz CT molecular complexity index is 1070.